The lowest BCUT2D eigenvalue weighted by molar-refractivity contribution is -0.133. The molecule has 0 saturated carbocycles. The van der Waals surface area contributed by atoms with Crippen LogP contribution >= 0.6 is 0 Å². The molecule has 9 heteroatoms. The summed E-state index contributed by atoms with van der Waals surface area (Å²) in [5.74, 6) is -1.40. The highest BCUT2D eigenvalue weighted by Gasteiger charge is 2.37. The van der Waals surface area contributed by atoms with E-state index in [4.69, 9.17) is 9.63 Å². The fourth-order valence-electron chi connectivity index (χ4n) is 2.98. The van der Waals surface area contributed by atoms with Gasteiger partial charge in [-0.25, -0.2) is 5.48 Å². The van der Waals surface area contributed by atoms with Gasteiger partial charge in [0.05, 0.1) is 13.0 Å². The number of anilines is 2. The zero-order chi connectivity index (χ0) is 25.4. The van der Waals surface area contributed by atoms with Crippen molar-refractivity contribution in [3.63, 3.8) is 0 Å². The van der Waals surface area contributed by atoms with Crippen LogP contribution in [0.15, 0.2) is 54.6 Å². The van der Waals surface area contributed by atoms with Crippen LogP contribution in [0.3, 0.4) is 0 Å². The molecular weight excluding hydrogens is 450 g/mol. The number of para-hydroxylation sites is 1. The summed E-state index contributed by atoms with van der Waals surface area (Å²) in [6, 6.07) is 16.4. The van der Waals surface area contributed by atoms with Gasteiger partial charge < -0.3 is 14.6 Å². The van der Waals surface area contributed by atoms with E-state index in [9.17, 15) is 14.4 Å². The lowest BCUT2D eigenvalue weighted by Gasteiger charge is -2.36. The van der Waals surface area contributed by atoms with Crippen LogP contribution < -0.4 is 15.7 Å². The number of nitrogens with one attached hydrogen (secondary N) is 2. The molecule has 0 saturated heterocycles. The van der Waals surface area contributed by atoms with Crippen molar-refractivity contribution >= 4 is 37.4 Å². The molecule has 0 spiro atoms. The predicted molar refractivity (Wildman–Crippen MR) is 135 cm³/mol. The van der Waals surface area contributed by atoms with Gasteiger partial charge in [0, 0.05) is 17.9 Å². The summed E-state index contributed by atoms with van der Waals surface area (Å²) in [6.07, 6.45) is -0.296. The van der Waals surface area contributed by atoms with Crippen LogP contribution in [-0.4, -0.2) is 44.4 Å². The normalized spacial score (nSPS) is 11.6. The Morgan fingerprint density at radius 2 is 1.59 bits per heavy atom. The highest BCUT2D eigenvalue weighted by Crippen LogP contribution is 2.36. The smallest absolute Gasteiger partial charge is 0.252 e. The van der Waals surface area contributed by atoms with Crippen molar-refractivity contribution in [3.05, 3.63) is 60.2 Å². The number of rotatable bonds is 10. The minimum Gasteiger partial charge on any atom is -0.415 e. The molecule has 0 aromatic heterocycles. The molecule has 184 valence electrons. The first-order chi connectivity index (χ1) is 15.9. The average Bonchev–Trinajstić information content (AvgIpc) is 2.77. The summed E-state index contributed by atoms with van der Waals surface area (Å²) in [6.45, 7) is 11.9. The number of hydrogen-bond donors (Lipinski definition) is 3. The van der Waals surface area contributed by atoms with Gasteiger partial charge in [-0.2, -0.15) is 0 Å². The Morgan fingerprint density at radius 3 is 2.15 bits per heavy atom. The van der Waals surface area contributed by atoms with Crippen LogP contribution in [0.25, 0.3) is 0 Å². The minimum atomic E-state index is -1.93. The molecule has 0 bridgehead atoms. The fourth-order valence-corrected chi connectivity index (χ4v) is 4.02. The minimum absolute atomic E-state index is 0.0542. The van der Waals surface area contributed by atoms with Gasteiger partial charge in [0.25, 0.3) is 5.91 Å². The van der Waals surface area contributed by atoms with E-state index in [1.807, 2.05) is 30.3 Å². The van der Waals surface area contributed by atoms with Crippen LogP contribution in [0.5, 0.6) is 0 Å². The quantitative estimate of drug-likeness (QED) is 0.203. The van der Waals surface area contributed by atoms with Gasteiger partial charge in [-0.1, -0.05) is 51.1 Å². The Balaban J connectivity index is 2.05. The van der Waals surface area contributed by atoms with E-state index in [0.717, 1.165) is 11.3 Å². The molecular formula is C25H35N3O5Si. The largest absolute Gasteiger partial charge is 0.415 e. The zero-order valence-electron chi connectivity index (χ0n) is 20.6. The Hall–Kier alpha value is -3.01. The highest BCUT2D eigenvalue weighted by atomic mass is 28.4. The summed E-state index contributed by atoms with van der Waals surface area (Å²) in [5, 5.41) is 11.2. The van der Waals surface area contributed by atoms with E-state index < -0.39 is 26.6 Å². The van der Waals surface area contributed by atoms with Gasteiger partial charge in [-0.05, 0) is 48.0 Å². The van der Waals surface area contributed by atoms with E-state index in [2.05, 4.69) is 39.2 Å². The van der Waals surface area contributed by atoms with Crippen molar-refractivity contribution < 1.29 is 24.0 Å². The van der Waals surface area contributed by atoms with Crippen molar-refractivity contribution in [2.75, 3.05) is 23.4 Å². The Morgan fingerprint density at radius 1 is 0.971 bits per heavy atom. The SMILES string of the molecule is CC(C)(C)[Si](C)(C)OCCN(C(=O)Cc1ccc(NC(=O)CC(=O)NO)cc1)c1ccccc1. The molecule has 0 aliphatic heterocycles. The third-order valence-corrected chi connectivity index (χ3v) is 10.5. The van der Waals surface area contributed by atoms with E-state index in [1.165, 1.54) is 5.48 Å². The molecule has 2 rings (SSSR count). The van der Waals surface area contributed by atoms with Crippen LogP contribution in [0.1, 0.15) is 32.8 Å². The van der Waals surface area contributed by atoms with Crippen LogP contribution in [0.2, 0.25) is 18.1 Å². The number of nitrogens with zero attached hydrogens (tertiary/aromatic N) is 1. The monoisotopic (exact) mass is 485 g/mol. The highest BCUT2D eigenvalue weighted by molar-refractivity contribution is 6.74. The van der Waals surface area contributed by atoms with E-state index in [0.29, 0.717) is 18.8 Å². The summed E-state index contributed by atoms with van der Waals surface area (Å²) in [7, 11) is -1.93. The van der Waals surface area contributed by atoms with Gasteiger partial charge in [-0.3, -0.25) is 19.6 Å². The summed E-state index contributed by atoms with van der Waals surface area (Å²) >= 11 is 0. The maximum absolute atomic E-state index is 13.2. The van der Waals surface area contributed by atoms with Gasteiger partial charge in [0.15, 0.2) is 8.32 Å². The predicted octanol–water partition coefficient (Wildman–Crippen LogP) is 4.12. The van der Waals surface area contributed by atoms with E-state index in [-0.39, 0.29) is 17.4 Å². The molecule has 3 N–H and O–H groups in total. The van der Waals surface area contributed by atoms with Gasteiger partial charge >= 0.3 is 0 Å². The van der Waals surface area contributed by atoms with Crippen LogP contribution in [0, 0.1) is 0 Å². The third kappa shape index (κ3) is 8.09. The molecule has 0 fully saturated rings. The Labute approximate surface area is 202 Å². The second-order valence-electron chi connectivity index (χ2n) is 9.62. The van der Waals surface area contributed by atoms with Crippen LogP contribution in [-0.2, 0) is 25.2 Å². The molecule has 34 heavy (non-hydrogen) atoms. The number of carbonyl (C=O) groups excluding carboxylic acids is 3. The molecule has 0 unspecified atom stereocenters. The summed E-state index contributed by atoms with van der Waals surface area (Å²) in [4.78, 5) is 37.8. The van der Waals surface area contributed by atoms with Gasteiger partial charge in [0.1, 0.15) is 6.42 Å². The molecule has 0 aliphatic carbocycles. The molecule has 0 radical (unpaired) electrons. The molecule has 0 heterocycles. The maximum atomic E-state index is 13.2. The first-order valence-electron chi connectivity index (χ1n) is 11.2. The van der Waals surface area contributed by atoms with Crippen molar-refractivity contribution in [1.29, 1.82) is 0 Å². The van der Waals surface area contributed by atoms with E-state index in [1.54, 1.807) is 29.2 Å². The lowest BCUT2D eigenvalue weighted by Crippen LogP contribution is -2.44. The topological polar surface area (TPSA) is 108 Å². The first kappa shape index (κ1) is 27.2. The Kier molecular flexibility index (Phi) is 9.54. The molecule has 0 atom stereocenters. The maximum Gasteiger partial charge on any atom is 0.252 e. The summed E-state index contributed by atoms with van der Waals surface area (Å²) < 4.78 is 6.30. The van der Waals surface area contributed by atoms with E-state index >= 15 is 0 Å². The number of hydroxylamine groups is 1. The van der Waals surface area contributed by atoms with Crippen LogP contribution in [0.4, 0.5) is 11.4 Å². The molecule has 2 aromatic carbocycles. The number of hydrogen-bond acceptors (Lipinski definition) is 5. The first-order valence-corrected chi connectivity index (χ1v) is 14.1. The fraction of sp³-hybridized carbons (Fsp3) is 0.400. The molecule has 0 aliphatic rings. The number of amides is 3. The number of benzene rings is 2. The second-order valence-corrected chi connectivity index (χ2v) is 14.4. The van der Waals surface area contributed by atoms with Gasteiger partial charge in [-0.15, -0.1) is 0 Å². The number of carbonyl (C=O) groups is 3. The molecule has 3 amide bonds. The van der Waals surface area contributed by atoms with Crippen molar-refractivity contribution in [2.45, 2.75) is 51.7 Å². The Bertz CT molecular complexity index is 972. The van der Waals surface area contributed by atoms with Gasteiger partial charge in [0.2, 0.25) is 11.8 Å². The summed E-state index contributed by atoms with van der Waals surface area (Å²) in [5.41, 5.74) is 3.52. The molecule has 2 aromatic rings. The average molecular weight is 486 g/mol. The third-order valence-electron chi connectivity index (χ3n) is 5.99. The molecule has 8 nitrogen and oxygen atoms in total. The standard InChI is InChI=1S/C25H35N3O5Si/c1-25(2,3)34(4,5)33-16-15-28(21-9-7-6-8-10-21)24(31)17-19-11-13-20(14-12-19)26-22(29)18-23(30)27-32/h6-14,32H,15-18H2,1-5H3,(H,26,29)(H,27,30). The zero-order valence-corrected chi connectivity index (χ0v) is 21.6. The lowest BCUT2D eigenvalue weighted by atomic mass is 10.1. The second kappa shape index (κ2) is 11.9. The van der Waals surface area contributed by atoms with Crippen molar-refractivity contribution in [1.82, 2.24) is 5.48 Å². The van der Waals surface area contributed by atoms with Crippen molar-refractivity contribution in [2.24, 2.45) is 0 Å². The van der Waals surface area contributed by atoms with Crippen molar-refractivity contribution in [3.8, 4) is 0 Å².